The number of nitrogens with zero attached hydrogens (tertiary/aromatic N) is 2. The number of benzene rings is 2. The number of hydrogen-bond donors (Lipinski definition) is 1. The van der Waals surface area contributed by atoms with Crippen LogP contribution < -0.4 is 14.2 Å². The first-order chi connectivity index (χ1) is 19.3. The van der Waals surface area contributed by atoms with Crippen LogP contribution in [0.15, 0.2) is 75.1 Å². The van der Waals surface area contributed by atoms with Crippen molar-refractivity contribution >= 4 is 39.3 Å². The molecular weight excluding hydrogens is 600 g/mol. The molecule has 0 saturated carbocycles. The predicted molar refractivity (Wildman–Crippen MR) is 153 cm³/mol. The highest BCUT2D eigenvalue weighted by molar-refractivity contribution is 9.11. The Labute approximate surface area is 244 Å². The molecule has 210 valence electrons. The van der Waals surface area contributed by atoms with Gasteiger partial charge < -0.3 is 23.7 Å². The molecule has 4 rings (SSSR count). The van der Waals surface area contributed by atoms with Crippen LogP contribution in [0.4, 0.5) is 4.79 Å². The van der Waals surface area contributed by atoms with E-state index < -0.39 is 18.1 Å². The molecule has 9 nitrogen and oxygen atoms in total. The van der Waals surface area contributed by atoms with Gasteiger partial charge in [-0.05, 0) is 76.4 Å². The topological polar surface area (TPSA) is 111 Å². The number of rotatable bonds is 13. The number of carbonyl (C=O) groups excluding carboxylic acids is 1. The van der Waals surface area contributed by atoms with E-state index in [1.807, 2.05) is 12.1 Å². The van der Waals surface area contributed by atoms with Gasteiger partial charge in [0.1, 0.15) is 29.6 Å². The molecule has 4 aromatic rings. The lowest BCUT2D eigenvalue weighted by Crippen LogP contribution is -2.45. The number of amides is 1. The van der Waals surface area contributed by atoms with E-state index in [0.29, 0.717) is 42.6 Å². The van der Waals surface area contributed by atoms with Crippen LogP contribution in [-0.4, -0.2) is 46.8 Å². The number of oxazole rings is 1. The number of ether oxygens (including phenoxy) is 3. The van der Waals surface area contributed by atoms with E-state index >= 15 is 0 Å². The maximum atomic E-state index is 13.0. The monoisotopic (exact) mass is 628 g/mol. The summed E-state index contributed by atoms with van der Waals surface area (Å²) in [5.41, 5.74) is 1.55. The van der Waals surface area contributed by atoms with E-state index in [1.165, 1.54) is 12.0 Å². The summed E-state index contributed by atoms with van der Waals surface area (Å²) in [5, 5.41) is 9.72. The molecule has 0 saturated heterocycles. The van der Waals surface area contributed by atoms with Crippen LogP contribution in [0, 0.1) is 0 Å². The molecule has 0 spiro atoms. The average Bonchev–Trinajstić information content (AvgIpc) is 3.57. The maximum absolute atomic E-state index is 13.0. The van der Waals surface area contributed by atoms with Crippen LogP contribution >= 0.6 is 27.3 Å². The Morgan fingerprint density at radius 2 is 1.75 bits per heavy atom. The van der Waals surface area contributed by atoms with Crippen molar-refractivity contribution in [2.45, 2.75) is 38.8 Å². The first kappa shape index (κ1) is 29.2. The standard InChI is InChI=1S/C29H29BrN2O7S/c1-3-25(28(33)34)32(29(35)39-23-10-8-21(36-2)9-11-23)17-19-4-6-22(7-5-19)37-15-14-20-18-38-27(31-20)16-24-12-13-26(30)40-24/h4-13,18,25H,3,14-17H2,1-2H3,(H,33,34). The maximum Gasteiger partial charge on any atom is 0.416 e. The van der Waals surface area contributed by atoms with Crippen LogP contribution in [0.5, 0.6) is 17.2 Å². The fraction of sp³-hybridized carbons (Fsp3) is 0.276. The number of carbonyl (C=O) groups is 2. The summed E-state index contributed by atoms with van der Waals surface area (Å²) in [6, 6.07) is 16.7. The number of halogens is 1. The Balaban J connectivity index is 1.32. The normalized spacial score (nSPS) is 11.6. The smallest absolute Gasteiger partial charge is 0.416 e. The van der Waals surface area contributed by atoms with Crippen molar-refractivity contribution in [1.29, 1.82) is 0 Å². The summed E-state index contributed by atoms with van der Waals surface area (Å²) in [4.78, 5) is 31.8. The van der Waals surface area contributed by atoms with E-state index in [-0.39, 0.29) is 13.0 Å². The fourth-order valence-electron chi connectivity index (χ4n) is 3.94. The van der Waals surface area contributed by atoms with Crippen LogP contribution in [0.1, 0.15) is 35.4 Å². The van der Waals surface area contributed by atoms with E-state index in [4.69, 9.17) is 18.6 Å². The molecule has 11 heteroatoms. The molecule has 0 aliphatic heterocycles. The van der Waals surface area contributed by atoms with Crippen molar-refractivity contribution in [2.75, 3.05) is 13.7 Å². The van der Waals surface area contributed by atoms with E-state index in [1.54, 1.807) is 73.1 Å². The summed E-state index contributed by atoms with van der Waals surface area (Å²) in [6.45, 7) is 2.18. The zero-order chi connectivity index (χ0) is 28.5. The highest BCUT2D eigenvalue weighted by Crippen LogP contribution is 2.24. The third kappa shape index (κ3) is 8.09. The number of aromatic nitrogens is 1. The van der Waals surface area contributed by atoms with Crippen molar-refractivity contribution in [3.05, 3.63) is 92.7 Å². The van der Waals surface area contributed by atoms with Crippen LogP contribution in [0.3, 0.4) is 0 Å². The molecule has 2 aromatic carbocycles. The first-order valence-corrected chi connectivity index (χ1v) is 14.2. The molecule has 1 N–H and O–H groups in total. The molecule has 0 bridgehead atoms. The van der Waals surface area contributed by atoms with Crippen LogP contribution in [0.2, 0.25) is 0 Å². The van der Waals surface area contributed by atoms with Gasteiger partial charge in [0.25, 0.3) is 0 Å². The number of thiophene rings is 1. The Morgan fingerprint density at radius 1 is 1.05 bits per heavy atom. The van der Waals surface area contributed by atoms with Gasteiger partial charge >= 0.3 is 12.1 Å². The molecular formula is C29H29BrN2O7S. The number of methoxy groups -OCH3 is 1. The highest BCUT2D eigenvalue weighted by atomic mass is 79.9. The Bertz CT molecular complexity index is 1400. The van der Waals surface area contributed by atoms with Gasteiger partial charge in [-0.2, -0.15) is 0 Å². The van der Waals surface area contributed by atoms with Crippen molar-refractivity contribution in [2.24, 2.45) is 0 Å². The summed E-state index contributed by atoms with van der Waals surface area (Å²) in [5.74, 6) is 1.11. The van der Waals surface area contributed by atoms with Crippen LogP contribution in [0.25, 0.3) is 0 Å². The van der Waals surface area contributed by atoms with Gasteiger partial charge in [0.05, 0.1) is 29.6 Å². The Kier molecular flexibility index (Phi) is 10.2. The Morgan fingerprint density at radius 3 is 2.38 bits per heavy atom. The molecule has 1 atom stereocenters. The van der Waals surface area contributed by atoms with Crippen molar-refractivity contribution in [3.8, 4) is 17.2 Å². The lowest BCUT2D eigenvalue weighted by molar-refractivity contribution is -0.142. The molecule has 1 amide bonds. The quantitative estimate of drug-likeness (QED) is 0.177. The van der Waals surface area contributed by atoms with Crippen LogP contribution in [-0.2, 0) is 24.2 Å². The zero-order valence-electron chi connectivity index (χ0n) is 22.0. The molecule has 2 heterocycles. The van der Waals surface area contributed by atoms with Gasteiger partial charge in [-0.25, -0.2) is 14.6 Å². The molecule has 0 fully saturated rings. The van der Waals surface area contributed by atoms with E-state index in [2.05, 4.69) is 20.9 Å². The SMILES string of the molecule is CCC(C(=O)O)N(Cc1ccc(OCCc2coc(Cc3ccc(Br)s3)n2)cc1)C(=O)Oc1ccc(OC)cc1. The lowest BCUT2D eigenvalue weighted by atomic mass is 10.1. The predicted octanol–water partition coefficient (Wildman–Crippen LogP) is 6.58. The molecule has 2 aromatic heterocycles. The van der Waals surface area contributed by atoms with E-state index in [0.717, 1.165) is 19.9 Å². The molecule has 0 radical (unpaired) electrons. The van der Waals surface area contributed by atoms with Gasteiger partial charge in [0.2, 0.25) is 0 Å². The third-order valence-corrected chi connectivity index (χ3v) is 7.63. The fourth-order valence-corrected chi connectivity index (χ4v) is 5.41. The van der Waals surface area contributed by atoms with Gasteiger partial charge in [0.15, 0.2) is 5.89 Å². The first-order valence-electron chi connectivity index (χ1n) is 12.6. The second kappa shape index (κ2) is 14.0. The minimum absolute atomic E-state index is 0.0581. The minimum Gasteiger partial charge on any atom is -0.497 e. The average molecular weight is 630 g/mol. The second-order valence-corrected chi connectivity index (χ2v) is 11.3. The van der Waals surface area contributed by atoms with Crippen molar-refractivity contribution < 1.29 is 33.3 Å². The van der Waals surface area contributed by atoms with Crippen molar-refractivity contribution in [3.63, 3.8) is 0 Å². The lowest BCUT2D eigenvalue weighted by Gasteiger charge is -2.27. The number of carboxylic acid groups (broad SMARTS) is 1. The van der Waals surface area contributed by atoms with Gasteiger partial charge in [-0.1, -0.05) is 19.1 Å². The van der Waals surface area contributed by atoms with E-state index in [9.17, 15) is 14.7 Å². The van der Waals surface area contributed by atoms with Gasteiger partial charge in [-0.15, -0.1) is 11.3 Å². The van der Waals surface area contributed by atoms with Gasteiger partial charge in [-0.3, -0.25) is 4.90 Å². The summed E-state index contributed by atoms with van der Waals surface area (Å²) in [6.07, 6.45) is 2.35. The molecule has 1 unspecified atom stereocenters. The third-order valence-electron chi connectivity index (χ3n) is 6.00. The van der Waals surface area contributed by atoms with Crippen molar-refractivity contribution in [1.82, 2.24) is 9.88 Å². The largest absolute Gasteiger partial charge is 0.497 e. The number of aliphatic carboxylic acids is 1. The Hall–Kier alpha value is -3.83. The number of hydrogen-bond acceptors (Lipinski definition) is 8. The van der Waals surface area contributed by atoms with Gasteiger partial charge in [0, 0.05) is 17.8 Å². The summed E-state index contributed by atoms with van der Waals surface area (Å²) in [7, 11) is 1.54. The molecule has 40 heavy (non-hydrogen) atoms. The number of carboxylic acids is 1. The second-order valence-electron chi connectivity index (χ2n) is 8.79. The zero-order valence-corrected chi connectivity index (χ0v) is 24.4. The summed E-state index contributed by atoms with van der Waals surface area (Å²) >= 11 is 5.11. The minimum atomic E-state index is -1.10. The molecule has 0 aliphatic carbocycles. The highest BCUT2D eigenvalue weighted by Gasteiger charge is 2.30. The summed E-state index contributed by atoms with van der Waals surface area (Å²) < 4.78 is 23.1. The molecule has 0 aliphatic rings.